The highest BCUT2D eigenvalue weighted by Crippen LogP contribution is 2.51. The number of hydrogen-bond acceptors (Lipinski definition) is 7. The van der Waals surface area contributed by atoms with Crippen molar-refractivity contribution in [3.05, 3.63) is 59.2 Å². The van der Waals surface area contributed by atoms with Gasteiger partial charge in [-0.3, -0.25) is 9.82 Å². The minimum atomic E-state index is -5.08. The molecule has 0 bridgehead atoms. The van der Waals surface area contributed by atoms with Crippen LogP contribution in [-0.2, 0) is 16.1 Å². The maximum absolute atomic E-state index is 10.6. The predicted molar refractivity (Wildman–Crippen MR) is 117 cm³/mol. The van der Waals surface area contributed by atoms with Gasteiger partial charge in [0.25, 0.3) is 0 Å². The molecule has 0 amide bonds. The van der Waals surface area contributed by atoms with E-state index in [0.717, 1.165) is 41.2 Å². The first-order chi connectivity index (χ1) is 16.1. The Morgan fingerprint density at radius 3 is 2.53 bits per heavy atom. The SMILES string of the molecule is CON1CN2c3c1ccc(-c1c(C)noc1C)c3CCC2c1ccccn1.O=C(O)C(F)(F)F. The monoisotopic (exact) mass is 476 g/mol. The summed E-state index contributed by atoms with van der Waals surface area (Å²) in [6.45, 7) is 4.68. The van der Waals surface area contributed by atoms with Crippen LogP contribution in [0.5, 0.6) is 0 Å². The third kappa shape index (κ3) is 4.18. The number of rotatable bonds is 3. The number of carboxylic acids is 1. The maximum Gasteiger partial charge on any atom is 0.490 e. The zero-order chi connectivity index (χ0) is 24.6. The van der Waals surface area contributed by atoms with E-state index < -0.39 is 12.1 Å². The lowest BCUT2D eigenvalue weighted by atomic mass is 9.87. The van der Waals surface area contributed by atoms with Gasteiger partial charge in [-0.25, -0.2) is 9.86 Å². The van der Waals surface area contributed by atoms with Crippen molar-refractivity contribution in [2.24, 2.45) is 0 Å². The van der Waals surface area contributed by atoms with Gasteiger partial charge in [0, 0.05) is 11.8 Å². The number of carbonyl (C=O) groups is 1. The molecule has 1 N–H and O–H groups in total. The molecule has 8 nitrogen and oxygen atoms in total. The number of hydroxylamine groups is 1. The number of pyridine rings is 1. The van der Waals surface area contributed by atoms with Crippen LogP contribution in [0.25, 0.3) is 11.1 Å². The van der Waals surface area contributed by atoms with E-state index in [9.17, 15) is 13.2 Å². The molecule has 1 atom stereocenters. The lowest BCUT2D eigenvalue weighted by Gasteiger charge is -2.35. The molecule has 2 aliphatic heterocycles. The number of alkyl halides is 3. The van der Waals surface area contributed by atoms with E-state index >= 15 is 0 Å². The first-order valence-corrected chi connectivity index (χ1v) is 10.5. The van der Waals surface area contributed by atoms with Gasteiger partial charge in [0.2, 0.25) is 0 Å². The van der Waals surface area contributed by atoms with E-state index in [1.807, 2.05) is 31.2 Å². The average molecular weight is 476 g/mol. The van der Waals surface area contributed by atoms with Crippen molar-refractivity contribution < 1.29 is 32.4 Å². The van der Waals surface area contributed by atoms with E-state index in [1.165, 1.54) is 16.8 Å². The zero-order valence-electron chi connectivity index (χ0n) is 18.8. The Bertz CT molecular complexity index is 1180. The highest BCUT2D eigenvalue weighted by molar-refractivity contribution is 5.88. The number of aryl methyl sites for hydroxylation is 2. The van der Waals surface area contributed by atoms with Crippen molar-refractivity contribution >= 4 is 17.3 Å². The number of nitrogens with zero attached hydrogens (tertiary/aromatic N) is 4. The molecule has 1 aromatic carbocycles. The Morgan fingerprint density at radius 1 is 1.24 bits per heavy atom. The summed E-state index contributed by atoms with van der Waals surface area (Å²) in [5.41, 5.74) is 8.07. The van der Waals surface area contributed by atoms with E-state index in [4.69, 9.17) is 19.3 Å². The molecule has 180 valence electrons. The van der Waals surface area contributed by atoms with Crippen LogP contribution >= 0.6 is 0 Å². The van der Waals surface area contributed by atoms with Gasteiger partial charge in [0.05, 0.1) is 35.9 Å². The van der Waals surface area contributed by atoms with E-state index in [2.05, 4.69) is 39.3 Å². The van der Waals surface area contributed by atoms with Crippen LogP contribution in [0, 0.1) is 13.8 Å². The second-order valence-electron chi connectivity index (χ2n) is 7.94. The number of benzene rings is 1. The van der Waals surface area contributed by atoms with Crippen molar-refractivity contribution in [3.8, 4) is 11.1 Å². The van der Waals surface area contributed by atoms with Crippen LogP contribution in [0.15, 0.2) is 41.1 Å². The van der Waals surface area contributed by atoms with Crippen molar-refractivity contribution in [1.82, 2.24) is 10.1 Å². The van der Waals surface area contributed by atoms with Crippen LogP contribution in [0.3, 0.4) is 0 Å². The lowest BCUT2D eigenvalue weighted by Crippen LogP contribution is -2.36. The second kappa shape index (κ2) is 8.98. The first-order valence-electron chi connectivity index (χ1n) is 10.5. The fourth-order valence-corrected chi connectivity index (χ4v) is 4.51. The van der Waals surface area contributed by atoms with E-state index in [-0.39, 0.29) is 6.04 Å². The van der Waals surface area contributed by atoms with Gasteiger partial charge in [-0.2, -0.15) is 13.2 Å². The molecule has 5 rings (SSSR count). The summed E-state index contributed by atoms with van der Waals surface area (Å²) < 4.78 is 37.2. The van der Waals surface area contributed by atoms with Crippen LogP contribution in [0.2, 0.25) is 0 Å². The van der Waals surface area contributed by atoms with Crippen LogP contribution in [-0.4, -0.2) is 41.2 Å². The molecule has 2 aliphatic rings. The quantitative estimate of drug-likeness (QED) is 0.575. The standard InChI is InChI=1S/C21H22N4O2.C2HF3O2/c1-13-20(14(2)27-23-13)15-7-10-19-21-16(15)8-9-18(17-6-4-5-11-22-17)24(21)12-25(19)26-3;3-2(4,5)1(6)7/h4-7,10-11,18H,8-9,12H2,1-3H3;(H,6,7). The Kier molecular flexibility index (Phi) is 6.22. The van der Waals surface area contributed by atoms with Gasteiger partial charge in [-0.1, -0.05) is 17.3 Å². The predicted octanol–water partition coefficient (Wildman–Crippen LogP) is 4.82. The largest absolute Gasteiger partial charge is 0.490 e. The number of aromatic nitrogens is 2. The molecule has 1 unspecified atom stereocenters. The molecule has 2 aromatic heterocycles. The van der Waals surface area contributed by atoms with Gasteiger partial charge in [-0.15, -0.1) is 0 Å². The van der Waals surface area contributed by atoms with E-state index in [0.29, 0.717) is 6.67 Å². The Labute approximate surface area is 193 Å². The third-order valence-corrected chi connectivity index (χ3v) is 5.94. The highest BCUT2D eigenvalue weighted by Gasteiger charge is 2.39. The van der Waals surface area contributed by atoms with E-state index in [1.54, 1.807) is 7.11 Å². The summed E-state index contributed by atoms with van der Waals surface area (Å²) in [7, 11) is 1.73. The molecule has 0 saturated carbocycles. The van der Waals surface area contributed by atoms with Crippen molar-refractivity contribution in [1.29, 1.82) is 0 Å². The molecule has 0 aliphatic carbocycles. The number of aliphatic carboxylic acids is 1. The summed E-state index contributed by atoms with van der Waals surface area (Å²) in [4.78, 5) is 21.6. The van der Waals surface area contributed by atoms with Gasteiger partial charge in [-0.05, 0) is 56.0 Å². The topological polar surface area (TPSA) is 91.9 Å². The maximum atomic E-state index is 10.6. The Balaban J connectivity index is 0.000000344. The van der Waals surface area contributed by atoms with Gasteiger partial charge in [0.15, 0.2) is 0 Å². The van der Waals surface area contributed by atoms with Crippen LogP contribution in [0.4, 0.5) is 24.5 Å². The second-order valence-corrected chi connectivity index (χ2v) is 7.94. The van der Waals surface area contributed by atoms with Gasteiger partial charge in [0.1, 0.15) is 12.4 Å². The van der Waals surface area contributed by atoms with Gasteiger partial charge < -0.3 is 14.5 Å². The van der Waals surface area contributed by atoms with Crippen LogP contribution in [0.1, 0.15) is 35.2 Å². The third-order valence-electron chi connectivity index (χ3n) is 5.94. The fourth-order valence-electron chi connectivity index (χ4n) is 4.51. The molecule has 0 saturated heterocycles. The Hall–Kier alpha value is -3.60. The normalized spacial score (nSPS) is 16.7. The van der Waals surface area contributed by atoms with Crippen molar-refractivity contribution in [3.63, 3.8) is 0 Å². The molecule has 3 aromatic rings. The molecule has 0 fully saturated rings. The zero-order valence-corrected chi connectivity index (χ0v) is 18.8. The smallest absolute Gasteiger partial charge is 0.475 e. The molecule has 34 heavy (non-hydrogen) atoms. The molecule has 4 heterocycles. The molecular formula is C23H23F3N4O4. The Morgan fingerprint density at radius 2 is 1.97 bits per heavy atom. The molecular weight excluding hydrogens is 453 g/mol. The fraction of sp³-hybridized carbons (Fsp3) is 0.348. The van der Waals surface area contributed by atoms with Crippen LogP contribution < -0.4 is 9.96 Å². The molecule has 0 radical (unpaired) electrons. The summed E-state index contributed by atoms with van der Waals surface area (Å²) in [6.07, 6.45) is -1.21. The number of hydrogen-bond donors (Lipinski definition) is 1. The molecule has 11 heteroatoms. The molecule has 0 spiro atoms. The van der Waals surface area contributed by atoms with Crippen molar-refractivity contribution in [2.45, 2.75) is 38.9 Å². The number of anilines is 2. The van der Waals surface area contributed by atoms with Gasteiger partial charge >= 0.3 is 12.1 Å². The summed E-state index contributed by atoms with van der Waals surface area (Å²) in [5.74, 6) is -1.89. The highest BCUT2D eigenvalue weighted by atomic mass is 19.4. The average Bonchev–Trinajstić information content (AvgIpc) is 3.35. The number of carboxylic acid groups (broad SMARTS) is 1. The lowest BCUT2D eigenvalue weighted by molar-refractivity contribution is -0.192. The summed E-state index contributed by atoms with van der Waals surface area (Å²) >= 11 is 0. The summed E-state index contributed by atoms with van der Waals surface area (Å²) in [5, 5.41) is 13.2. The van der Waals surface area contributed by atoms with Crippen molar-refractivity contribution in [2.75, 3.05) is 23.7 Å². The minimum absolute atomic E-state index is 0.248. The number of halogens is 3. The first kappa shape index (κ1) is 23.6. The summed E-state index contributed by atoms with van der Waals surface area (Å²) in [6, 6.07) is 10.7. The minimum Gasteiger partial charge on any atom is -0.475 e.